The van der Waals surface area contributed by atoms with Gasteiger partial charge in [-0.3, -0.25) is 4.79 Å². The Morgan fingerprint density at radius 2 is 1.64 bits per heavy atom. The van der Waals surface area contributed by atoms with E-state index in [1.807, 2.05) is 0 Å². The van der Waals surface area contributed by atoms with Gasteiger partial charge in [-0.05, 0) is 50.4 Å². The average Bonchev–Trinajstić information content (AvgIpc) is 2.42. The lowest BCUT2D eigenvalue weighted by Crippen LogP contribution is -2.57. The van der Waals surface area contributed by atoms with Gasteiger partial charge in [0.1, 0.15) is 0 Å². The molecule has 0 aromatic rings. The molecular weight excluding hydrogens is 321 g/mol. The Balaban J connectivity index is 0.00000220. The molecule has 132 valence electrons. The number of carbonyl (C=O) groups excluding carboxylic acids is 1. The maximum Gasteiger partial charge on any atom is 0.227 e. The van der Waals surface area contributed by atoms with Gasteiger partial charge in [-0.1, -0.05) is 20.3 Å². The molecule has 2 fully saturated rings. The number of rotatable bonds is 5. The Labute approximate surface area is 147 Å². The smallest absolute Gasteiger partial charge is 0.227 e. The Morgan fingerprint density at radius 1 is 1.14 bits per heavy atom. The lowest BCUT2D eigenvalue weighted by molar-refractivity contribution is -0.133. The highest BCUT2D eigenvalue weighted by atomic mass is 35.5. The molecule has 0 aromatic heterocycles. The summed E-state index contributed by atoms with van der Waals surface area (Å²) in [6, 6.07) is 0.662. The third kappa shape index (κ3) is 4.28. The fraction of sp³-hybridized carbons (Fsp3) is 0.938. The van der Waals surface area contributed by atoms with Crippen molar-refractivity contribution in [1.29, 1.82) is 0 Å². The van der Waals surface area contributed by atoms with Crippen LogP contribution < -0.4 is 16.8 Å². The van der Waals surface area contributed by atoms with E-state index in [2.05, 4.69) is 19.2 Å². The SMILES string of the molecule is CCC(CC)(CN)C(=O)NC1C2CCCC1CC(N)C2.Cl.Cl. The molecule has 2 bridgehead atoms. The zero-order valence-corrected chi connectivity index (χ0v) is 15.5. The van der Waals surface area contributed by atoms with Crippen molar-refractivity contribution in [2.24, 2.45) is 28.7 Å². The monoisotopic (exact) mass is 353 g/mol. The Hall–Kier alpha value is -0.0300. The number of nitrogens with two attached hydrogens (primary N) is 2. The number of carbonyl (C=O) groups is 1. The molecule has 0 spiro atoms. The average molecular weight is 354 g/mol. The predicted octanol–water partition coefficient (Wildman–Crippen LogP) is 2.62. The van der Waals surface area contributed by atoms with Gasteiger partial charge in [0.15, 0.2) is 0 Å². The molecule has 0 heterocycles. The fourth-order valence-corrected chi connectivity index (χ4v) is 4.28. The normalized spacial score (nSPS) is 30.7. The topological polar surface area (TPSA) is 81.1 Å². The van der Waals surface area contributed by atoms with E-state index in [-0.39, 0.29) is 36.1 Å². The highest BCUT2D eigenvalue weighted by molar-refractivity contribution is 5.85. The first kappa shape index (κ1) is 22.0. The molecule has 6 heteroatoms. The predicted molar refractivity (Wildman–Crippen MR) is 96.5 cm³/mol. The third-order valence-corrected chi connectivity index (χ3v) is 5.90. The minimum absolute atomic E-state index is 0. The van der Waals surface area contributed by atoms with Crippen LogP contribution in [0.2, 0.25) is 0 Å². The van der Waals surface area contributed by atoms with Crippen LogP contribution in [0.3, 0.4) is 0 Å². The van der Waals surface area contributed by atoms with E-state index in [1.165, 1.54) is 19.3 Å². The van der Waals surface area contributed by atoms with Gasteiger partial charge in [-0.25, -0.2) is 0 Å². The third-order valence-electron chi connectivity index (χ3n) is 5.90. The first-order chi connectivity index (χ1) is 9.56. The molecular formula is C16H33Cl2N3O. The van der Waals surface area contributed by atoms with Crippen molar-refractivity contribution in [3.63, 3.8) is 0 Å². The van der Waals surface area contributed by atoms with Crippen LogP contribution in [-0.4, -0.2) is 24.5 Å². The molecule has 2 atom stereocenters. The lowest BCUT2D eigenvalue weighted by atomic mass is 9.66. The molecule has 0 aromatic carbocycles. The zero-order chi connectivity index (χ0) is 14.8. The van der Waals surface area contributed by atoms with Crippen molar-refractivity contribution in [1.82, 2.24) is 5.32 Å². The van der Waals surface area contributed by atoms with Gasteiger partial charge in [0.25, 0.3) is 0 Å². The maximum absolute atomic E-state index is 12.7. The highest BCUT2D eigenvalue weighted by Crippen LogP contribution is 2.40. The zero-order valence-electron chi connectivity index (χ0n) is 13.8. The van der Waals surface area contributed by atoms with Gasteiger partial charge < -0.3 is 16.8 Å². The summed E-state index contributed by atoms with van der Waals surface area (Å²) in [4.78, 5) is 12.7. The second kappa shape index (κ2) is 9.31. The summed E-state index contributed by atoms with van der Waals surface area (Å²) in [5.74, 6) is 1.32. The largest absolute Gasteiger partial charge is 0.352 e. The van der Waals surface area contributed by atoms with Gasteiger partial charge >= 0.3 is 0 Å². The van der Waals surface area contributed by atoms with Gasteiger partial charge in [-0.2, -0.15) is 0 Å². The summed E-state index contributed by atoms with van der Waals surface area (Å²) >= 11 is 0. The summed E-state index contributed by atoms with van der Waals surface area (Å²) in [5.41, 5.74) is 11.7. The second-order valence-corrected chi connectivity index (χ2v) is 6.87. The van der Waals surface area contributed by atoms with E-state index in [0.29, 0.717) is 30.5 Å². The molecule has 2 unspecified atom stereocenters. The van der Waals surface area contributed by atoms with E-state index in [4.69, 9.17) is 11.5 Å². The quantitative estimate of drug-likeness (QED) is 0.710. The van der Waals surface area contributed by atoms with E-state index < -0.39 is 0 Å². The molecule has 2 saturated carbocycles. The Morgan fingerprint density at radius 3 is 2.05 bits per heavy atom. The van der Waals surface area contributed by atoms with Crippen LogP contribution in [0, 0.1) is 17.3 Å². The Bertz CT molecular complexity index is 328. The fourth-order valence-electron chi connectivity index (χ4n) is 4.28. The van der Waals surface area contributed by atoms with Gasteiger partial charge in [-0.15, -0.1) is 24.8 Å². The van der Waals surface area contributed by atoms with Crippen LogP contribution in [0.5, 0.6) is 0 Å². The number of halogens is 2. The van der Waals surface area contributed by atoms with Crippen molar-refractivity contribution in [3.05, 3.63) is 0 Å². The minimum atomic E-state index is -0.381. The van der Waals surface area contributed by atoms with E-state index in [1.54, 1.807) is 0 Å². The summed E-state index contributed by atoms with van der Waals surface area (Å²) in [6.45, 7) is 4.56. The second-order valence-electron chi connectivity index (χ2n) is 6.87. The molecule has 0 radical (unpaired) electrons. The molecule has 2 rings (SSSR count). The van der Waals surface area contributed by atoms with Gasteiger partial charge in [0, 0.05) is 18.6 Å². The van der Waals surface area contributed by atoms with E-state index in [9.17, 15) is 4.79 Å². The summed E-state index contributed by atoms with van der Waals surface area (Å²) in [5, 5.41) is 3.36. The summed E-state index contributed by atoms with van der Waals surface area (Å²) in [7, 11) is 0. The molecule has 1 amide bonds. The summed E-state index contributed by atoms with van der Waals surface area (Å²) in [6.07, 6.45) is 7.47. The Kier molecular flexibility index (Phi) is 9.30. The van der Waals surface area contributed by atoms with Crippen LogP contribution in [0.25, 0.3) is 0 Å². The van der Waals surface area contributed by atoms with Crippen molar-refractivity contribution < 1.29 is 4.79 Å². The molecule has 2 aliphatic rings. The van der Waals surface area contributed by atoms with Crippen molar-refractivity contribution >= 4 is 30.7 Å². The number of fused-ring (bicyclic) bond motifs is 2. The van der Waals surface area contributed by atoms with Crippen LogP contribution in [0.4, 0.5) is 0 Å². The van der Waals surface area contributed by atoms with Crippen LogP contribution in [0.1, 0.15) is 58.8 Å². The summed E-state index contributed by atoms with van der Waals surface area (Å²) < 4.78 is 0. The standard InChI is InChI=1S/C16H31N3O.2ClH/c1-3-16(4-2,10-17)15(20)19-14-11-6-5-7-12(14)9-13(18)8-11;;/h11-14H,3-10,17-18H2,1-2H3,(H,19,20);2*1H. The molecule has 2 aliphatic carbocycles. The van der Waals surface area contributed by atoms with Crippen LogP contribution >= 0.6 is 24.8 Å². The van der Waals surface area contributed by atoms with Crippen molar-refractivity contribution in [2.45, 2.75) is 70.9 Å². The molecule has 0 aliphatic heterocycles. The molecule has 5 N–H and O–H groups in total. The molecule has 22 heavy (non-hydrogen) atoms. The number of hydrogen-bond donors (Lipinski definition) is 3. The van der Waals surface area contributed by atoms with Crippen molar-refractivity contribution in [3.8, 4) is 0 Å². The highest BCUT2D eigenvalue weighted by Gasteiger charge is 2.42. The number of nitrogens with one attached hydrogen (secondary N) is 1. The number of amides is 1. The van der Waals surface area contributed by atoms with Gasteiger partial charge in [0.05, 0.1) is 5.41 Å². The first-order valence-corrected chi connectivity index (χ1v) is 8.33. The molecule has 0 saturated heterocycles. The van der Waals surface area contributed by atoms with Crippen LogP contribution in [-0.2, 0) is 4.79 Å². The minimum Gasteiger partial charge on any atom is -0.352 e. The molecule has 4 nitrogen and oxygen atoms in total. The van der Waals surface area contributed by atoms with E-state index >= 15 is 0 Å². The number of hydrogen-bond acceptors (Lipinski definition) is 3. The lowest BCUT2D eigenvalue weighted by Gasteiger charge is -2.46. The van der Waals surface area contributed by atoms with Crippen LogP contribution in [0.15, 0.2) is 0 Å². The maximum atomic E-state index is 12.7. The first-order valence-electron chi connectivity index (χ1n) is 8.33. The van der Waals surface area contributed by atoms with Crippen molar-refractivity contribution in [2.75, 3.05) is 6.54 Å². The van der Waals surface area contributed by atoms with E-state index in [0.717, 1.165) is 25.7 Å². The van der Waals surface area contributed by atoms with Gasteiger partial charge in [0.2, 0.25) is 5.91 Å².